The summed E-state index contributed by atoms with van der Waals surface area (Å²) in [4.78, 5) is 25.8. The number of benzene rings is 1. The minimum Gasteiger partial charge on any atom is -0.408 e. The monoisotopic (exact) mass is 301 g/mol. The third-order valence-electron chi connectivity index (χ3n) is 4.95. The van der Waals surface area contributed by atoms with Gasteiger partial charge in [-0.2, -0.15) is 0 Å². The first-order chi connectivity index (χ1) is 10.6. The number of aryl methyl sites for hydroxylation is 1. The van der Waals surface area contributed by atoms with Crippen molar-refractivity contribution in [3.63, 3.8) is 0 Å². The van der Waals surface area contributed by atoms with Crippen LogP contribution in [0.1, 0.15) is 25.7 Å². The topological polar surface area (TPSA) is 67.5 Å². The molecule has 1 spiro atoms. The molecule has 1 aliphatic heterocycles. The van der Waals surface area contributed by atoms with Crippen LogP contribution in [-0.2, 0) is 7.05 Å². The maximum atomic E-state index is 12.4. The van der Waals surface area contributed by atoms with Crippen LogP contribution in [0.15, 0.2) is 27.4 Å². The van der Waals surface area contributed by atoms with Crippen molar-refractivity contribution in [3.05, 3.63) is 28.7 Å². The molecule has 1 N–H and O–H groups in total. The number of oxazole rings is 1. The van der Waals surface area contributed by atoms with Crippen LogP contribution < -0.4 is 11.1 Å². The number of nitrogens with one attached hydrogen (secondary N) is 1. The lowest BCUT2D eigenvalue weighted by Crippen LogP contribution is -2.43. The van der Waals surface area contributed by atoms with Crippen molar-refractivity contribution in [2.45, 2.75) is 25.7 Å². The summed E-state index contributed by atoms with van der Waals surface area (Å²) in [7, 11) is 1.66. The summed E-state index contributed by atoms with van der Waals surface area (Å²) in [5.74, 6) is -0.398. The Labute approximate surface area is 127 Å². The first-order valence-corrected chi connectivity index (χ1v) is 7.72. The second-order valence-corrected chi connectivity index (χ2v) is 6.56. The molecule has 2 heterocycles. The molecule has 0 bridgehead atoms. The van der Waals surface area contributed by atoms with Crippen LogP contribution in [0, 0.1) is 5.41 Å². The number of fused-ring (bicyclic) bond motifs is 1. The summed E-state index contributed by atoms with van der Waals surface area (Å²) in [5.41, 5.74) is 2.27. The molecule has 6 heteroatoms. The number of anilines is 1. The molecule has 0 atom stereocenters. The van der Waals surface area contributed by atoms with E-state index in [2.05, 4.69) is 5.32 Å². The molecule has 22 heavy (non-hydrogen) atoms. The summed E-state index contributed by atoms with van der Waals surface area (Å²) in [6, 6.07) is 5.22. The van der Waals surface area contributed by atoms with Crippen LogP contribution in [0.4, 0.5) is 10.5 Å². The maximum Gasteiger partial charge on any atom is 0.419 e. The van der Waals surface area contributed by atoms with Crippen molar-refractivity contribution in [1.82, 2.24) is 9.47 Å². The number of urea groups is 1. The Morgan fingerprint density at radius 1 is 1.32 bits per heavy atom. The number of piperidine rings is 1. The summed E-state index contributed by atoms with van der Waals surface area (Å²) >= 11 is 0. The average Bonchev–Trinajstić information content (AvgIpc) is 3.18. The van der Waals surface area contributed by atoms with Gasteiger partial charge in [0, 0.05) is 31.9 Å². The third kappa shape index (κ3) is 2.19. The van der Waals surface area contributed by atoms with E-state index in [0.717, 1.165) is 25.0 Å². The lowest BCUT2D eigenvalue weighted by molar-refractivity contribution is 0.170. The Hall–Kier alpha value is -2.24. The second kappa shape index (κ2) is 4.63. The molecular formula is C16H19N3O3. The van der Waals surface area contributed by atoms with Crippen molar-refractivity contribution >= 4 is 22.8 Å². The molecule has 0 radical (unpaired) electrons. The molecule has 0 unspecified atom stereocenters. The molecule has 1 aromatic carbocycles. The van der Waals surface area contributed by atoms with Gasteiger partial charge in [0.2, 0.25) is 0 Å². The zero-order valence-corrected chi connectivity index (χ0v) is 12.6. The highest BCUT2D eigenvalue weighted by molar-refractivity contribution is 5.91. The van der Waals surface area contributed by atoms with Crippen LogP contribution in [0.2, 0.25) is 0 Å². The summed E-state index contributed by atoms with van der Waals surface area (Å²) in [6.45, 7) is 1.68. The zero-order chi connectivity index (χ0) is 15.3. The van der Waals surface area contributed by atoms with Crippen molar-refractivity contribution in [1.29, 1.82) is 0 Å². The number of aromatic nitrogens is 1. The Morgan fingerprint density at radius 3 is 2.91 bits per heavy atom. The van der Waals surface area contributed by atoms with Crippen LogP contribution >= 0.6 is 0 Å². The Kier molecular flexibility index (Phi) is 2.82. The summed E-state index contributed by atoms with van der Waals surface area (Å²) in [5, 5.41) is 2.91. The molecular weight excluding hydrogens is 282 g/mol. The zero-order valence-electron chi connectivity index (χ0n) is 12.6. The van der Waals surface area contributed by atoms with Gasteiger partial charge in [-0.05, 0) is 43.2 Å². The predicted molar refractivity (Wildman–Crippen MR) is 82.9 cm³/mol. The van der Waals surface area contributed by atoms with E-state index in [1.807, 2.05) is 4.90 Å². The van der Waals surface area contributed by atoms with E-state index in [4.69, 9.17) is 4.42 Å². The molecule has 2 aliphatic rings. The lowest BCUT2D eigenvalue weighted by Gasteiger charge is -2.32. The van der Waals surface area contributed by atoms with Gasteiger partial charge in [0.05, 0.1) is 5.52 Å². The Morgan fingerprint density at radius 2 is 2.14 bits per heavy atom. The normalized spacial score (nSPS) is 19.6. The van der Waals surface area contributed by atoms with Gasteiger partial charge in [-0.25, -0.2) is 9.59 Å². The molecule has 1 saturated carbocycles. The van der Waals surface area contributed by atoms with Crippen LogP contribution in [0.3, 0.4) is 0 Å². The van der Waals surface area contributed by atoms with Crippen LogP contribution in [0.5, 0.6) is 0 Å². The van der Waals surface area contributed by atoms with E-state index in [0.29, 0.717) is 16.7 Å². The summed E-state index contributed by atoms with van der Waals surface area (Å²) in [6.07, 6.45) is 4.83. The van der Waals surface area contributed by atoms with Gasteiger partial charge >= 0.3 is 11.8 Å². The van der Waals surface area contributed by atoms with Crippen molar-refractivity contribution < 1.29 is 9.21 Å². The highest BCUT2D eigenvalue weighted by atomic mass is 16.4. The number of carbonyl (C=O) groups is 1. The number of likely N-dealkylation sites (tertiary alicyclic amines) is 1. The summed E-state index contributed by atoms with van der Waals surface area (Å²) < 4.78 is 6.60. The molecule has 6 nitrogen and oxygen atoms in total. The van der Waals surface area contributed by atoms with E-state index in [1.54, 1.807) is 25.2 Å². The van der Waals surface area contributed by atoms with E-state index < -0.39 is 5.76 Å². The van der Waals surface area contributed by atoms with Gasteiger partial charge < -0.3 is 14.6 Å². The van der Waals surface area contributed by atoms with Crippen molar-refractivity contribution in [2.75, 3.05) is 18.4 Å². The minimum absolute atomic E-state index is 0.0661. The number of nitrogens with zero attached hydrogens (tertiary/aromatic N) is 2. The molecule has 1 saturated heterocycles. The number of amides is 2. The fraction of sp³-hybridized carbons (Fsp3) is 0.500. The SMILES string of the molecule is Cn1c(=O)oc2cc(NC(=O)N3CCCC4(CC4)C3)ccc21. The van der Waals surface area contributed by atoms with Gasteiger partial charge in [0.25, 0.3) is 0 Å². The average molecular weight is 301 g/mol. The molecule has 2 amide bonds. The quantitative estimate of drug-likeness (QED) is 0.880. The number of hydrogen-bond donors (Lipinski definition) is 1. The maximum absolute atomic E-state index is 12.4. The first kappa shape index (κ1) is 13.4. The number of hydrogen-bond acceptors (Lipinski definition) is 3. The highest BCUT2D eigenvalue weighted by Gasteiger charge is 2.46. The minimum atomic E-state index is -0.398. The van der Waals surface area contributed by atoms with E-state index in [9.17, 15) is 9.59 Å². The Balaban J connectivity index is 1.52. The second-order valence-electron chi connectivity index (χ2n) is 6.56. The van der Waals surface area contributed by atoms with Crippen molar-refractivity contribution in [2.24, 2.45) is 12.5 Å². The lowest BCUT2D eigenvalue weighted by atomic mass is 9.95. The van der Waals surface area contributed by atoms with Crippen molar-refractivity contribution in [3.8, 4) is 0 Å². The number of carbonyl (C=O) groups excluding carboxylic acids is 1. The predicted octanol–water partition coefficient (Wildman–Crippen LogP) is 2.54. The molecule has 4 rings (SSSR count). The third-order valence-corrected chi connectivity index (χ3v) is 4.95. The largest absolute Gasteiger partial charge is 0.419 e. The van der Waals surface area contributed by atoms with E-state index >= 15 is 0 Å². The molecule has 1 aliphatic carbocycles. The van der Waals surface area contributed by atoms with Gasteiger partial charge in [-0.3, -0.25) is 4.57 Å². The standard InChI is InChI=1S/C16H19N3O3/c1-18-12-4-3-11(9-13(12)22-15(18)21)17-14(20)19-8-2-5-16(10-19)6-7-16/h3-4,9H,2,5-8,10H2,1H3,(H,17,20). The fourth-order valence-corrected chi connectivity index (χ4v) is 3.38. The van der Waals surface area contributed by atoms with Crippen LogP contribution in [0.25, 0.3) is 11.1 Å². The van der Waals surface area contributed by atoms with Gasteiger partial charge in [-0.15, -0.1) is 0 Å². The number of rotatable bonds is 1. The molecule has 1 aromatic heterocycles. The molecule has 2 fully saturated rings. The molecule has 116 valence electrons. The first-order valence-electron chi connectivity index (χ1n) is 7.72. The van der Waals surface area contributed by atoms with E-state index in [1.165, 1.54) is 23.8 Å². The molecule has 2 aromatic rings. The smallest absolute Gasteiger partial charge is 0.408 e. The van der Waals surface area contributed by atoms with Crippen LogP contribution in [-0.4, -0.2) is 28.6 Å². The van der Waals surface area contributed by atoms with Gasteiger partial charge in [-0.1, -0.05) is 0 Å². The van der Waals surface area contributed by atoms with Gasteiger partial charge in [0.1, 0.15) is 0 Å². The highest BCUT2D eigenvalue weighted by Crippen LogP contribution is 2.52. The van der Waals surface area contributed by atoms with E-state index in [-0.39, 0.29) is 6.03 Å². The fourth-order valence-electron chi connectivity index (χ4n) is 3.38. The van der Waals surface area contributed by atoms with Gasteiger partial charge in [0.15, 0.2) is 5.58 Å². The Bertz CT molecular complexity index is 801.